The lowest BCUT2D eigenvalue weighted by Crippen LogP contribution is -2.54. The summed E-state index contributed by atoms with van der Waals surface area (Å²) in [6, 6.07) is 5.98. The van der Waals surface area contributed by atoms with Crippen LogP contribution in [0.4, 0.5) is 10.5 Å². The number of urea groups is 1. The number of hydrogen-bond donors (Lipinski definition) is 2. The van der Waals surface area contributed by atoms with Crippen LogP contribution in [0.2, 0.25) is 0 Å². The summed E-state index contributed by atoms with van der Waals surface area (Å²) in [6.07, 6.45) is 2.28. The molecular formula is C18H27N3O5S. The van der Waals surface area contributed by atoms with Gasteiger partial charge in [-0.3, -0.25) is 0 Å². The fourth-order valence-corrected chi connectivity index (χ4v) is 4.37. The first-order chi connectivity index (χ1) is 12.8. The maximum absolute atomic E-state index is 12.6. The largest absolute Gasteiger partial charge is 0.383 e. The molecule has 1 aromatic rings. The number of rotatable bonds is 7. The predicted molar refractivity (Wildman–Crippen MR) is 101 cm³/mol. The van der Waals surface area contributed by atoms with E-state index in [1.807, 2.05) is 0 Å². The van der Waals surface area contributed by atoms with Crippen LogP contribution in [0.15, 0.2) is 29.2 Å². The van der Waals surface area contributed by atoms with Gasteiger partial charge in [0.1, 0.15) is 0 Å². The van der Waals surface area contributed by atoms with Gasteiger partial charge in [-0.1, -0.05) is 6.07 Å². The molecule has 8 nitrogen and oxygen atoms in total. The minimum atomic E-state index is -3.65. The maximum Gasteiger partial charge on any atom is 0.322 e. The van der Waals surface area contributed by atoms with Crippen LogP contribution in [0.25, 0.3) is 0 Å². The number of amides is 2. The molecule has 3 rings (SSSR count). The molecule has 1 saturated carbocycles. The third-order valence-electron chi connectivity index (χ3n) is 5.02. The van der Waals surface area contributed by atoms with E-state index in [9.17, 15) is 13.2 Å². The van der Waals surface area contributed by atoms with Crippen molar-refractivity contribution in [3.63, 3.8) is 0 Å². The van der Waals surface area contributed by atoms with E-state index in [2.05, 4.69) is 17.0 Å². The molecule has 0 bridgehead atoms. The van der Waals surface area contributed by atoms with Crippen molar-refractivity contribution in [2.75, 3.05) is 45.3 Å². The second-order valence-electron chi connectivity index (χ2n) is 7.21. The SMILES string of the molecule is COCCNS(=O)(=O)c1cccc(NC(=O)N2CCOC(C)(C3CC3)C2)c1. The number of ether oxygens (including phenoxy) is 2. The quantitative estimate of drug-likeness (QED) is 0.682. The number of benzene rings is 1. The lowest BCUT2D eigenvalue weighted by atomic mass is 9.98. The number of anilines is 1. The molecule has 2 fully saturated rings. The zero-order valence-corrected chi connectivity index (χ0v) is 16.5. The Bertz CT molecular complexity index is 781. The van der Waals surface area contributed by atoms with E-state index in [1.165, 1.54) is 19.2 Å². The van der Waals surface area contributed by atoms with Gasteiger partial charge < -0.3 is 19.7 Å². The van der Waals surface area contributed by atoms with Crippen molar-refractivity contribution in [2.24, 2.45) is 5.92 Å². The van der Waals surface area contributed by atoms with Crippen molar-refractivity contribution in [2.45, 2.75) is 30.3 Å². The molecule has 27 heavy (non-hydrogen) atoms. The number of carbonyl (C=O) groups is 1. The van der Waals surface area contributed by atoms with Crippen molar-refractivity contribution >= 4 is 21.7 Å². The number of morpholine rings is 1. The van der Waals surface area contributed by atoms with Gasteiger partial charge in [0, 0.05) is 25.9 Å². The summed E-state index contributed by atoms with van der Waals surface area (Å²) in [4.78, 5) is 14.5. The molecule has 1 aliphatic heterocycles. The Morgan fingerprint density at radius 3 is 2.89 bits per heavy atom. The Kier molecular flexibility index (Phi) is 6.05. The molecular weight excluding hydrogens is 370 g/mol. The molecule has 1 saturated heterocycles. The molecule has 2 N–H and O–H groups in total. The van der Waals surface area contributed by atoms with E-state index in [1.54, 1.807) is 17.0 Å². The van der Waals surface area contributed by atoms with Gasteiger partial charge in [0.15, 0.2) is 0 Å². The number of nitrogens with zero attached hydrogens (tertiary/aromatic N) is 1. The van der Waals surface area contributed by atoms with E-state index in [0.29, 0.717) is 31.3 Å². The number of sulfonamides is 1. The average Bonchev–Trinajstić information content (AvgIpc) is 3.48. The van der Waals surface area contributed by atoms with Crippen LogP contribution in [-0.4, -0.2) is 64.9 Å². The van der Waals surface area contributed by atoms with Crippen molar-refractivity contribution < 1.29 is 22.7 Å². The van der Waals surface area contributed by atoms with Gasteiger partial charge in [0.25, 0.3) is 0 Å². The highest BCUT2D eigenvalue weighted by molar-refractivity contribution is 7.89. The van der Waals surface area contributed by atoms with Gasteiger partial charge in [0.05, 0.1) is 30.3 Å². The van der Waals surface area contributed by atoms with Crippen molar-refractivity contribution in [3.05, 3.63) is 24.3 Å². The standard InChI is InChI=1S/C18H27N3O5S/c1-18(14-6-7-14)13-21(9-11-26-18)17(22)20-15-4-3-5-16(12-15)27(23,24)19-8-10-25-2/h3-5,12,14,19H,6-11,13H2,1-2H3,(H,20,22). The lowest BCUT2D eigenvalue weighted by molar-refractivity contribution is -0.0977. The maximum atomic E-state index is 12.6. The number of hydrogen-bond acceptors (Lipinski definition) is 5. The van der Waals surface area contributed by atoms with Gasteiger partial charge in [0.2, 0.25) is 10.0 Å². The van der Waals surface area contributed by atoms with Crippen LogP contribution in [0.3, 0.4) is 0 Å². The van der Waals surface area contributed by atoms with Gasteiger partial charge in [-0.05, 0) is 43.9 Å². The molecule has 150 valence electrons. The topological polar surface area (TPSA) is 97.0 Å². The van der Waals surface area contributed by atoms with Crippen LogP contribution in [-0.2, 0) is 19.5 Å². The third kappa shape index (κ3) is 4.98. The number of nitrogens with one attached hydrogen (secondary N) is 2. The zero-order valence-electron chi connectivity index (χ0n) is 15.7. The summed E-state index contributed by atoms with van der Waals surface area (Å²) >= 11 is 0. The molecule has 0 aromatic heterocycles. The average molecular weight is 397 g/mol. The zero-order chi connectivity index (χ0) is 19.5. The number of methoxy groups -OCH3 is 1. The second kappa shape index (κ2) is 8.14. The Balaban J connectivity index is 1.64. The molecule has 1 unspecified atom stereocenters. The minimum absolute atomic E-state index is 0.0983. The van der Waals surface area contributed by atoms with Crippen molar-refractivity contribution in [3.8, 4) is 0 Å². The van der Waals surface area contributed by atoms with Crippen LogP contribution < -0.4 is 10.0 Å². The van der Waals surface area contributed by atoms with Gasteiger partial charge in [-0.2, -0.15) is 0 Å². The smallest absolute Gasteiger partial charge is 0.322 e. The highest BCUT2D eigenvalue weighted by Gasteiger charge is 2.46. The van der Waals surface area contributed by atoms with E-state index in [-0.39, 0.29) is 29.7 Å². The molecule has 0 spiro atoms. The Labute approximate surface area is 160 Å². The molecule has 0 radical (unpaired) electrons. The van der Waals surface area contributed by atoms with E-state index < -0.39 is 10.0 Å². The third-order valence-corrected chi connectivity index (χ3v) is 6.48. The van der Waals surface area contributed by atoms with Crippen molar-refractivity contribution in [1.29, 1.82) is 0 Å². The normalized spacial score (nSPS) is 23.3. The Hall–Kier alpha value is -1.68. The van der Waals surface area contributed by atoms with E-state index in [0.717, 1.165) is 12.8 Å². The predicted octanol–water partition coefficient (Wildman–Crippen LogP) is 1.64. The minimum Gasteiger partial charge on any atom is -0.383 e. The lowest BCUT2D eigenvalue weighted by Gasteiger charge is -2.40. The molecule has 1 atom stereocenters. The van der Waals surface area contributed by atoms with E-state index >= 15 is 0 Å². The van der Waals surface area contributed by atoms with Gasteiger partial charge in [-0.15, -0.1) is 0 Å². The molecule has 1 heterocycles. The first kappa shape index (κ1) is 20.1. The summed E-state index contributed by atoms with van der Waals surface area (Å²) < 4.78 is 37.8. The summed E-state index contributed by atoms with van der Waals surface area (Å²) in [5.74, 6) is 0.514. The first-order valence-corrected chi connectivity index (χ1v) is 10.6. The fraction of sp³-hybridized carbons (Fsp3) is 0.611. The molecule has 2 amide bonds. The fourth-order valence-electron chi connectivity index (χ4n) is 3.31. The summed E-state index contributed by atoms with van der Waals surface area (Å²) in [5, 5.41) is 2.80. The van der Waals surface area contributed by atoms with Crippen LogP contribution in [0.5, 0.6) is 0 Å². The first-order valence-electron chi connectivity index (χ1n) is 9.13. The van der Waals surface area contributed by atoms with Gasteiger partial charge in [-0.25, -0.2) is 17.9 Å². The Morgan fingerprint density at radius 2 is 2.19 bits per heavy atom. The van der Waals surface area contributed by atoms with Crippen LogP contribution >= 0.6 is 0 Å². The van der Waals surface area contributed by atoms with E-state index in [4.69, 9.17) is 9.47 Å². The monoisotopic (exact) mass is 397 g/mol. The summed E-state index contributed by atoms with van der Waals surface area (Å²) in [5.41, 5.74) is 0.153. The molecule has 2 aliphatic rings. The van der Waals surface area contributed by atoms with Crippen LogP contribution in [0, 0.1) is 5.92 Å². The summed E-state index contributed by atoms with van der Waals surface area (Å²) in [7, 11) is -2.15. The molecule has 9 heteroatoms. The second-order valence-corrected chi connectivity index (χ2v) is 8.97. The van der Waals surface area contributed by atoms with Crippen molar-refractivity contribution in [1.82, 2.24) is 9.62 Å². The Morgan fingerprint density at radius 1 is 1.41 bits per heavy atom. The molecule has 1 aliphatic carbocycles. The summed E-state index contributed by atoms with van der Waals surface area (Å²) in [6.45, 7) is 4.10. The van der Waals surface area contributed by atoms with Crippen LogP contribution in [0.1, 0.15) is 19.8 Å². The molecule has 1 aromatic carbocycles. The highest BCUT2D eigenvalue weighted by Crippen LogP contribution is 2.43. The van der Waals surface area contributed by atoms with Gasteiger partial charge >= 0.3 is 6.03 Å². The number of carbonyl (C=O) groups excluding carboxylic acids is 1. The highest BCUT2D eigenvalue weighted by atomic mass is 32.2.